The van der Waals surface area contributed by atoms with E-state index >= 15 is 0 Å². The maximum Gasteiger partial charge on any atom is 0.320 e. The molecule has 1 aliphatic heterocycles. The molecular weight excluding hydrogens is 272 g/mol. The number of carboxylic acid groups (broad SMARTS) is 1. The Morgan fingerprint density at radius 1 is 1.38 bits per heavy atom. The molecule has 0 bridgehead atoms. The van der Waals surface area contributed by atoms with Crippen molar-refractivity contribution in [1.82, 2.24) is 9.80 Å². The summed E-state index contributed by atoms with van der Waals surface area (Å²) in [6.45, 7) is 10.3. The highest BCUT2D eigenvalue weighted by molar-refractivity contribution is 5.80. The summed E-state index contributed by atoms with van der Waals surface area (Å²) in [6.07, 6.45) is 0.478. The number of carbonyl (C=O) groups is 2. The maximum atomic E-state index is 12.5. The van der Waals surface area contributed by atoms with E-state index in [-0.39, 0.29) is 25.0 Å². The van der Waals surface area contributed by atoms with E-state index in [2.05, 4.69) is 0 Å². The fourth-order valence-electron chi connectivity index (χ4n) is 2.87. The van der Waals surface area contributed by atoms with Gasteiger partial charge in [-0.25, -0.2) is 4.79 Å². The number of urea groups is 1. The van der Waals surface area contributed by atoms with Gasteiger partial charge in [0.25, 0.3) is 0 Å². The van der Waals surface area contributed by atoms with Crippen molar-refractivity contribution in [3.63, 3.8) is 0 Å². The summed E-state index contributed by atoms with van der Waals surface area (Å²) in [7, 11) is 0. The standard InChI is InChI=1S/C15H28N2O4/c1-6-16(9-14(4,5)21)13(20)17-8-7-15(10-17,11(2)3)12(18)19/h11,21H,6-10H2,1-5H3,(H,18,19). The highest BCUT2D eigenvalue weighted by atomic mass is 16.4. The van der Waals surface area contributed by atoms with Crippen molar-refractivity contribution < 1.29 is 19.8 Å². The van der Waals surface area contributed by atoms with Crippen LogP contribution in [0.4, 0.5) is 4.79 Å². The highest BCUT2D eigenvalue weighted by Gasteiger charge is 2.49. The molecule has 122 valence electrons. The Balaban J connectivity index is 2.83. The van der Waals surface area contributed by atoms with Crippen molar-refractivity contribution in [3.05, 3.63) is 0 Å². The lowest BCUT2D eigenvalue weighted by atomic mass is 9.76. The molecule has 2 amide bonds. The second kappa shape index (κ2) is 6.22. The summed E-state index contributed by atoms with van der Waals surface area (Å²) >= 11 is 0. The zero-order valence-corrected chi connectivity index (χ0v) is 13.7. The van der Waals surface area contributed by atoms with Crippen LogP contribution in [0.15, 0.2) is 0 Å². The van der Waals surface area contributed by atoms with Gasteiger partial charge in [0.15, 0.2) is 0 Å². The Morgan fingerprint density at radius 3 is 2.29 bits per heavy atom. The van der Waals surface area contributed by atoms with Gasteiger partial charge in [-0.3, -0.25) is 4.79 Å². The van der Waals surface area contributed by atoms with E-state index in [1.165, 1.54) is 0 Å². The summed E-state index contributed by atoms with van der Waals surface area (Å²) in [5, 5.41) is 19.4. The van der Waals surface area contributed by atoms with Crippen molar-refractivity contribution in [2.75, 3.05) is 26.2 Å². The number of rotatable bonds is 5. The number of nitrogens with zero attached hydrogens (tertiary/aromatic N) is 2. The van der Waals surface area contributed by atoms with Crippen LogP contribution >= 0.6 is 0 Å². The van der Waals surface area contributed by atoms with Crippen molar-refractivity contribution >= 4 is 12.0 Å². The third kappa shape index (κ3) is 3.87. The molecule has 1 atom stereocenters. The molecule has 6 heteroatoms. The summed E-state index contributed by atoms with van der Waals surface area (Å²) in [5.41, 5.74) is -1.82. The zero-order valence-electron chi connectivity index (χ0n) is 13.7. The van der Waals surface area contributed by atoms with Gasteiger partial charge in [-0.2, -0.15) is 0 Å². The number of hydrogen-bond acceptors (Lipinski definition) is 3. The normalized spacial score (nSPS) is 22.7. The molecule has 6 nitrogen and oxygen atoms in total. The zero-order chi connectivity index (χ0) is 16.4. The number of likely N-dealkylation sites (tertiary alicyclic amines) is 1. The van der Waals surface area contributed by atoms with Crippen LogP contribution in [-0.2, 0) is 4.79 Å². The van der Waals surface area contributed by atoms with Gasteiger partial charge in [0.1, 0.15) is 0 Å². The van der Waals surface area contributed by atoms with Crippen molar-refractivity contribution in [1.29, 1.82) is 0 Å². The molecule has 0 aliphatic carbocycles. The fourth-order valence-corrected chi connectivity index (χ4v) is 2.87. The van der Waals surface area contributed by atoms with Crippen molar-refractivity contribution in [3.8, 4) is 0 Å². The van der Waals surface area contributed by atoms with Gasteiger partial charge in [-0.05, 0) is 33.1 Å². The van der Waals surface area contributed by atoms with Crippen LogP contribution in [0, 0.1) is 11.3 Å². The van der Waals surface area contributed by atoms with Gasteiger partial charge in [0.2, 0.25) is 0 Å². The topological polar surface area (TPSA) is 81.1 Å². The van der Waals surface area contributed by atoms with Gasteiger partial charge in [-0.1, -0.05) is 13.8 Å². The van der Waals surface area contributed by atoms with E-state index in [9.17, 15) is 19.8 Å². The van der Waals surface area contributed by atoms with Crippen molar-refractivity contribution in [2.24, 2.45) is 11.3 Å². The molecule has 1 heterocycles. The second-order valence-electron chi connectivity index (χ2n) is 6.90. The summed E-state index contributed by atoms with van der Waals surface area (Å²) in [6, 6.07) is -0.191. The molecule has 0 saturated carbocycles. The quantitative estimate of drug-likeness (QED) is 0.808. The molecule has 0 aromatic heterocycles. The fraction of sp³-hybridized carbons (Fsp3) is 0.867. The average Bonchev–Trinajstić information content (AvgIpc) is 2.80. The third-order valence-electron chi connectivity index (χ3n) is 4.33. The Labute approximate surface area is 126 Å². The minimum Gasteiger partial charge on any atom is -0.481 e. The first-order chi connectivity index (χ1) is 9.53. The number of carboxylic acids is 1. The lowest BCUT2D eigenvalue weighted by Crippen LogP contribution is -2.49. The molecule has 21 heavy (non-hydrogen) atoms. The lowest BCUT2D eigenvalue weighted by Gasteiger charge is -2.33. The minimum absolute atomic E-state index is 0.0304. The monoisotopic (exact) mass is 300 g/mol. The average molecular weight is 300 g/mol. The molecule has 1 unspecified atom stereocenters. The number of aliphatic hydroxyl groups is 1. The number of hydrogen-bond donors (Lipinski definition) is 2. The lowest BCUT2D eigenvalue weighted by molar-refractivity contribution is -0.150. The van der Waals surface area contributed by atoms with E-state index < -0.39 is 17.0 Å². The molecule has 0 aromatic rings. The van der Waals surface area contributed by atoms with Gasteiger partial charge < -0.3 is 20.0 Å². The largest absolute Gasteiger partial charge is 0.481 e. The van der Waals surface area contributed by atoms with E-state index in [0.29, 0.717) is 19.5 Å². The number of amides is 2. The summed E-state index contributed by atoms with van der Waals surface area (Å²) in [4.78, 5) is 27.3. The molecule has 0 aromatic carbocycles. The molecule has 1 rings (SSSR count). The van der Waals surface area contributed by atoms with E-state index in [1.807, 2.05) is 20.8 Å². The SMILES string of the molecule is CCN(CC(C)(C)O)C(=O)N1CCC(C(=O)O)(C(C)C)C1. The van der Waals surface area contributed by atoms with Crippen LogP contribution in [0.1, 0.15) is 41.0 Å². The minimum atomic E-state index is -0.965. The Bertz CT molecular complexity index is 403. The molecule has 1 saturated heterocycles. The number of aliphatic carboxylic acids is 1. The van der Waals surface area contributed by atoms with Crippen LogP contribution in [0.2, 0.25) is 0 Å². The van der Waals surface area contributed by atoms with E-state index in [4.69, 9.17) is 0 Å². The Hall–Kier alpha value is -1.30. The first kappa shape index (κ1) is 17.8. The van der Waals surface area contributed by atoms with Crippen LogP contribution < -0.4 is 0 Å². The van der Waals surface area contributed by atoms with Crippen LogP contribution in [0.3, 0.4) is 0 Å². The smallest absolute Gasteiger partial charge is 0.320 e. The van der Waals surface area contributed by atoms with E-state index in [0.717, 1.165) is 0 Å². The molecule has 0 radical (unpaired) electrons. The van der Waals surface area contributed by atoms with Crippen LogP contribution in [-0.4, -0.2) is 63.8 Å². The first-order valence-corrected chi connectivity index (χ1v) is 7.53. The predicted molar refractivity (Wildman–Crippen MR) is 80.0 cm³/mol. The molecule has 0 spiro atoms. The van der Waals surface area contributed by atoms with Gasteiger partial charge in [0.05, 0.1) is 17.6 Å². The van der Waals surface area contributed by atoms with Gasteiger partial charge in [0, 0.05) is 19.6 Å². The van der Waals surface area contributed by atoms with Crippen LogP contribution in [0.25, 0.3) is 0 Å². The summed E-state index contributed by atoms with van der Waals surface area (Å²) in [5.74, 6) is -0.865. The van der Waals surface area contributed by atoms with Crippen LogP contribution in [0.5, 0.6) is 0 Å². The Morgan fingerprint density at radius 2 is 1.95 bits per heavy atom. The van der Waals surface area contributed by atoms with Gasteiger partial charge >= 0.3 is 12.0 Å². The maximum absolute atomic E-state index is 12.5. The molecule has 1 fully saturated rings. The second-order valence-corrected chi connectivity index (χ2v) is 6.90. The first-order valence-electron chi connectivity index (χ1n) is 7.53. The predicted octanol–water partition coefficient (Wildman–Crippen LogP) is 1.63. The number of carbonyl (C=O) groups excluding carboxylic acids is 1. The van der Waals surface area contributed by atoms with Gasteiger partial charge in [-0.15, -0.1) is 0 Å². The molecular formula is C15H28N2O4. The number of likely N-dealkylation sites (N-methyl/N-ethyl adjacent to an activating group) is 1. The molecule has 2 N–H and O–H groups in total. The molecule has 1 aliphatic rings. The van der Waals surface area contributed by atoms with E-state index in [1.54, 1.807) is 23.6 Å². The third-order valence-corrected chi connectivity index (χ3v) is 4.33. The summed E-state index contributed by atoms with van der Waals surface area (Å²) < 4.78 is 0. The van der Waals surface area contributed by atoms with Crippen molar-refractivity contribution in [2.45, 2.75) is 46.6 Å². The Kier molecular flexibility index (Phi) is 5.25. The highest BCUT2D eigenvalue weighted by Crippen LogP contribution is 2.38.